The number of hydrogen-bond donors (Lipinski definition) is 1. The fourth-order valence-corrected chi connectivity index (χ4v) is 2.76. The van der Waals surface area contributed by atoms with Crippen LogP contribution in [0.2, 0.25) is 0 Å². The summed E-state index contributed by atoms with van der Waals surface area (Å²) in [6, 6.07) is 2.42. The van der Waals surface area contributed by atoms with Gasteiger partial charge in [0.15, 0.2) is 0 Å². The molecule has 1 saturated heterocycles. The molecule has 104 valence electrons. The minimum absolute atomic E-state index is 0.328. The van der Waals surface area contributed by atoms with Gasteiger partial charge in [-0.05, 0) is 51.7 Å². The van der Waals surface area contributed by atoms with Crippen LogP contribution in [0.25, 0.3) is 0 Å². The van der Waals surface area contributed by atoms with E-state index in [0.717, 1.165) is 39.0 Å². The van der Waals surface area contributed by atoms with Crippen LogP contribution in [-0.4, -0.2) is 50.8 Å². The predicted molar refractivity (Wildman–Crippen MR) is 73.4 cm³/mol. The minimum atomic E-state index is -0.328. The first-order valence-electron chi connectivity index (χ1n) is 7.01. The van der Waals surface area contributed by atoms with E-state index in [-0.39, 0.29) is 5.54 Å². The van der Waals surface area contributed by atoms with Gasteiger partial charge in [0.05, 0.1) is 12.7 Å². The summed E-state index contributed by atoms with van der Waals surface area (Å²) in [4.78, 5) is 2.50. The van der Waals surface area contributed by atoms with Crippen molar-refractivity contribution in [3.63, 3.8) is 0 Å². The Balaban J connectivity index is 2.24. The third-order valence-corrected chi connectivity index (χ3v) is 4.15. The first kappa shape index (κ1) is 15.4. The van der Waals surface area contributed by atoms with E-state index in [2.05, 4.69) is 23.2 Å². The fraction of sp³-hybridized carbons (Fsp3) is 0.929. The van der Waals surface area contributed by atoms with Crippen molar-refractivity contribution >= 4 is 0 Å². The number of nitriles is 1. The number of nitrogens with one attached hydrogen (secondary N) is 1. The zero-order valence-corrected chi connectivity index (χ0v) is 12.0. The van der Waals surface area contributed by atoms with Gasteiger partial charge in [-0.3, -0.25) is 0 Å². The van der Waals surface area contributed by atoms with Crippen LogP contribution in [0.3, 0.4) is 0 Å². The molecule has 0 aromatic carbocycles. The summed E-state index contributed by atoms with van der Waals surface area (Å²) < 4.78 is 5.21. The molecule has 18 heavy (non-hydrogen) atoms. The van der Waals surface area contributed by atoms with Gasteiger partial charge in [-0.1, -0.05) is 6.92 Å². The van der Waals surface area contributed by atoms with Gasteiger partial charge in [-0.2, -0.15) is 5.26 Å². The Morgan fingerprint density at radius 1 is 1.56 bits per heavy atom. The highest BCUT2D eigenvalue weighted by atomic mass is 16.5. The molecule has 1 fully saturated rings. The van der Waals surface area contributed by atoms with Gasteiger partial charge in [0.2, 0.25) is 0 Å². The molecule has 1 N–H and O–H groups in total. The first-order valence-corrected chi connectivity index (χ1v) is 7.01. The van der Waals surface area contributed by atoms with Crippen molar-refractivity contribution in [3.05, 3.63) is 0 Å². The van der Waals surface area contributed by atoms with Crippen LogP contribution in [0, 0.1) is 17.2 Å². The Morgan fingerprint density at radius 2 is 2.33 bits per heavy atom. The summed E-state index contributed by atoms with van der Waals surface area (Å²) in [6.45, 7) is 6.39. The molecule has 0 bridgehead atoms. The van der Waals surface area contributed by atoms with Crippen LogP contribution >= 0.6 is 0 Å². The smallest absolute Gasteiger partial charge is 0.106 e. The van der Waals surface area contributed by atoms with Crippen molar-refractivity contribution in [2.45, 2.75) is 38.1 Å². The largest absolute Gasteiger partial charge is 0.384 e. The summed E-state index contributed by atoms with van der Waals surface area (Å²) in [7, 11) is 3.66. The molecular formula is C14H27N3O. The van der Waals surface area contributed by atoms with E-state index in [1.54, 1.807) is 7.11 Å². The Morgan fingerprint density at radius 3 is 2.89 bits per heavy atom. The van der Waals surface area contributed by atoms with Gasteiger partial charge >= 0.3 is 0 Å². The van der Waals surface area contributed by atoms with Crippen molar-refractivity contribution in [2.75, 3.05) is 40.4 Å². The number of ether oxygens (including phenoxy) is 1. The Bertz CT molecular complexity index is 271. The average molecular weight is 253 g/mol. The van der Waals surface area contributed by atoms with Crippen LogP contribution in [-0.2, 0) is 4.74 Å². The monoisotopic (exact) mass is 253 g/mol. The molecular weight excluding hydrogens is 226 g/mol. The molecule has 2 atom stereocenters. The van der Waals surface area contributed by atoms with Crippen molar-refractivity contribution in [3.8, 4) is 6.07 Å². The number of hydrogen-bond acceptors (Lipinski definition) is 4. The number of rotatable bonds is 8. The predicted octanol–water partition coefficient (Wildman–Crippen LogP) is 1.63. The third kappa shape index (κ3) is 4.24. The number of likely N-dealkylation sites (tertiary alicyclic amines) is 1. The molecule has 0 aromatic rings. The second kappa shape index (κ2) is 7.73. The molecule has 0 spiro atoms. The molecule has 2 unspecified atom stereocenters. The maximum absolute atomic E-state index is 9.24. The maximum Gasteiger partial charge on any atom is 0.106 e. The van der Waals surface area contributed by atoms with Crippen molar-refractivity contribution in [1.29, 1.82) is 5.26 Å². The minimum Gasteiger partial charge on any atom is -0.384 e. The lowest BCUT2D eigenvalue weighted by molar-refractivity contribution is 0.153. The summed E-state index contributed by atoms with van der Waals surface area (Å²) in [6.07, 6.45) is 4.13. The first-order chi connectivity index (χ1) is 8.69. The van der Waals surface area contributed by atoms with E-state index in [1.165, 1.54) is 13.0 Å². The SMILES string of the molecule is CCC(C#N)(CCCN1CCC(COC)C1)NC. The lowest BCUT2D eigenvalue weighted by atomic mass is 9.92. The van der Waals surface area contributed by atoms with E-state index >= 15 is 0 Å². The molecule has 1 aliphatic heterocycles. The van der Waals surface area contributed by atoms with Crippen LogP contribution in [0.5, 0.6) is 0 Å². The quantitative estimate of drug-likeness (QED) is 0.714. The normalized spacial score (nSPS) is 23.8. The Hall–Kier alpha value is -0.630. The van der Waals surface area contributed by atoms with Crippen molar-refractivity contribution in [2.24, 2.45) is 5.92 Å². The molecule has 0 aromatic heterocycles. The summed E-state index contributed by atoms with van der Waals surface area (Å²) in [5.41, 5.74) is -0.328. The standard InChI is InChI=1S/C14H27N3O/c1-4-14(12-15,16-2)7-5-8-17-9-6-13(10-17)11-18-3/h13,16H,4-11H2,1-3H3. The van der Waals surface area contributed by atoms with Gasteiger partial charge in [0.25, 0.3) is 0 Å². The maximum atomic E-state index is 9.24. The molecule has 1 aliphatic rings. The summed E-state index contributed by atoms with van der Waals surface area (Å²) >= 11 is 0. The highest BCUT2D eigenvalue weighted by Crippen LogP contribution is 2.20. The van der Waals surface area contributed by atoms with Crippen LogP contribution in [0.4, 0.5) is 0 Å². The summed E-state index contributed by atoms with van der Waals surface area (Å²) in [5.74, 6) is 0.700. The number of methoxy groups -OCH3 is 1. The van der Waals surface area contributed by atoms with E-state index < -0.39 is 0 Å². The molecule has 0 radical (unpaired) electrons. The van der Waals surface area contributed by atoms with Crippen LogP contribution in [0.15, 0.2) is 0 Å². The Kier molecular flexibility index (Phi) is 6.62. The van der Waals surface area contributed by atoms with Gasteiger partial charge < -0.3 is 15.0 Å². The molecule has 1 heterocycles. The zero-order valence-electron chi connectivity index (χ0n) is 12.0. The second-order valence-electron chi connectivity index (χ2n) is 5.31. The van der Waals surface area contributed by atoms with Crippen LogP contribution in [0.1, 0.15) is 32.6 Å². The molecule has 1 rings (SSSR count). The molecule has 0 aliphatic carbocycles. The highest BCUT2D eigenvalue weighted by molar-refractivity contribution is 5.05. The zero-order chi connectivity index (χ0) is 13.4. The van der Waals surface area contributed by atoms with Gasteiger partial charge in [-0.15, -0.1) is 0 Å². The van der Waals surface area contributed by atoms with E-state index in [9.17, 15) is 5.26 Å². The summed E-state index contributed by atoms with van der Waals surface area (Å²) in [5, 5.41) is 12.4. The second-order valence-corrected chi connectivity index (χ2v) is 5.31. The number of nitrogens with zero attached hydrogens (tertiary/aromatic N) is 2. The highest BCUT2D eigenvalue weighted by Gasteiger charge is 2.26. The average Bonchev–Trinajstić information content (AvgIpc) is 2.84. The van der Waals surface area contributed by atoms with E-state index in [1.807, 2.05) is 7.05 Å². The molecule has 4 heteroatoms. The molecule has 0 saturated carbocycles. The molecule has 4 nitrogen and oxygen atoms in total. The van der Waals surface area contributed by atoms with E-state index in [0.29, 0.717) is 5.92 Å². The lowest BCUT2D eigenvalue weighted by Crippen LogP contribution is -2.41. The van der Waals surface area contributed by atoms with Gasteiger partial charge in [-0.25, -0.2) is 0 Å². The topological polar surface area (TPSA) is 48.3 Å². The fourth-order valence-electron chi connectivity index (χ4n) is 2.76. The van der Waals surface area contributed by atoms with E-state index in [4.69, 9.17) is 4.74 Å². The Labute approximate surface area is 111 Å². The third-order valence-electron chi connectivity index (χ3n) is 4.15. The lowest BCUT2D eigenvalue weighted by Gasteiger charge is -2.25. The van der Waals surface area contributed by atoms with Crippen molar-refractivity contribution < 1.29 is 4.74 Å². The van der Waals surface area contributed by atoms with Gasteiger partial charge in [0.1, 0.15) is 5.54 Å². The van der Waals surface area contributed by atoms with Gasteiger partial charge in [0, 0.05) is 13.7 Å². The van der Waals surface area contributed by atoms with Crippen LogP contribution < -0.4 is 5.32 Å². The molecule has 0 amide bonds. The van der Waals surface area contributed by atoms with Crippen molar-refractivity contribution in [1.82, 2.24) is 10.2 Å².